The Labute approximate surface area is 99.2 Å². The summed E-state index contributed by atoms with van der Waals surface area (Å²) in [4.78, 5) is 0. The summed E-state index contributed by atoms with van der Waals surface area (Å²) in [6, 6.07) is 6.09. The quantitative estimate of drug-likeness (QED) is 0.599. The van der Waals surface area contributed by atoms with Crippen LogP contribution in [0.25, 0.3) is 0 Å². The molecule has 3 nitrogen and oxygen atoms in total. The number of hydrogen-bond donors (Lipinski definition) is 2. The minimum absolute atomic E-state index is 0.280. The molecule has 1 aromatic rings. The highest BCUT2D eigenvalue weighted by molar-refractivity contribution is 5.26. The minimum Gasteiger partial charge on any atom is -0.390 e. The van der Waals surface area contributed by atoms with Crippen molar-refractivity contribution in [2.24, 2.45) is 0 Å². The predicted molar refractivity (Wildman–Crippen MR) is 61.1 cm³/mol. The lowest BCUT2D eigenvalue weighted by molar-refractivity contribution is 0.0541. The third kappa shape index (κ3) is 2.54. The van der Waals surface area contributed by atoms with Crippen molar-refractivity contribution in [2.75, 3.05) is 6.61 Å². The topological polar surface area (TPSA) is 53.0 Å². The molecule has 4 heteroatoms. The first-order chi connectivity index (χ1) is 8.15. The summed E-state index contributed by atoms with van der Waals surface area (Å²) in [6.07, 6.45) is -0.969. The molecule has 0 bridgehead atoms. The second-order valence-corrected chi connectivity index (χ2v) is 4.14. The van der Waals surface area contributed by atoms with Gasteiger partial charge in [-0.05, 0) is 11.6 Å². The van der Waals surface area contributed by atoms with Crippen LogP contribution in [0.1, 0.15) is 11.5 Å². The number of aliphatic hydroxyl groups is 2. The minimum atomic E-state index is -1.01. The number of aliphatic hydroxyl groups excluding tert-OH is 2. The van der Waals surface area contributed by atoms with Gasteiger partial charge in [-0.3, -0.25) is 0 Å². The van der Waals surface area contributed by atoms with E-state index in [0.29, 0.717) is 6.61 Å². The molecular weight excluding hydrogens is 223 g/mol. The Bertz CT molecular complexity index is 403. The van der Waals surface area contributed by atoms with Crippen LogP contribution in [0.5, 0.6) is 0 Å². The summed E-state index contributed by atoms with van der Waals surface area (Å²) in [5.74, 6) is -1.20. The molecule has 92 valence electrons. The molecule has 0 unspecified atom stereocenters. The van der Waals surface area contributed by atoms with Gasteiger partial charge in [-0.25, -0.2) is 4.39 Å². The van der Waals surface area contributed by atoms with Crippen molar-refractivity contribution < 1.29 is 19.3 Å². The van der Waals surface area contributed by atoms with Crippen molar-refractivity contribution in [1.29, 1.82) is 0 Å². The normalized spacial score (nSPS) is 23.8. The van der Waals surface area contributed by atoms with Crippen LogP contribution < -0.4 is 0 Å². The maximum Gasteiger partial charge on any atom is 0.126 e. The Hall–Kier alpha value is -1.23. The number of rotatable bonds is 5. The van der Waals surface area contributed by atoms with Crippen LogP contribution in [0.3, 0.4) is 0 Å². The van der Waals surface area contributed by atoms with E-state index >= 15 is 0 Å². The van der Waals surface area contributed by atoms with Gasteiger partial charge in [0.1, 0.15) is 11.9 Å². The van der Waals surface area contributed by atoms with Crippen molar-refractivity contribution in [3.63, 3.8) is 0 Å². The van der Waals surface area contributed by atoms with Crippen LogP contribution in [0.15, 0.2) is 36.9 Å². The van der Waals surface area contributed by atoms with E-state index in [4.69, 9.17) is 4.74 Å². The number of epoxide rings is 1. The van der Waals surface area contributed by atoms with E-state index < -0.39 is 23.9 Å². The highest BCUT2D eigenvalue weighted by Crippen LogP contribution is 2.32. The van der Waals surface area contributed by atoms with E-state index in [2.05, 4.69) is 6.58 Å². The molecule has 1 aliphatic heterocycles. The zero-order valence-corrected chi connectivity index (χ0v) is 9.29. The molecule has 1 aromatic carbocycles. The van der Waals surface area contributed by atoms with Gasteiger partial charge in [-0.15, -0.1) is 6.58 Å². The van der Waals surface area contributed by atoms with E-state index in [9.17, 15) is 14.6 Å². The fourth-order valence-electron chi connectivity index (χ4n) is 1.95. The van der Waals surface area contributed by atoms with Gasteiger partial charge >= 0.3 is 0 Å². The summed E-state index contributed by atoms with van der Waals surface area (Å²) in [7, 11) is 0. The van der Waals surface area contributed by atoms with Crippen LogP contribution in [0.2, 0.25) is 0 Å². The van der Waals surface area contributed by atoms with Crippen molar-refractivity contribution in [1.82, 2.24) is 0 Å². The molecule has 2 rings (SSSR count). The van der Waals surface area contributed by atoms with Crippen LogP contribution in [0, 0.1) is 5.82 Å². The molecule has 1 heterocycles. The first-order valence-corrected chi connectivity index (χ1v) is 5.50. The molecule has 4 atom stereocenters. The zero-order chi connectivity index (χ0) is 12.4. The second kappa shape index (κ2) is 4.96. The maximum absolute atomic E-state index is 13.7. The van der Waals surface area contributed by atoms with Crippen LogP contribution >= 0.6 is 0 Å². The SMILES string of the molecule is C=C[C@@H](O)[C@H](c1ccccc1F)[C@@H](O)[C@H]1CO1. The average molecular weight is 238 g/mol. The smallest absolute Gasteiger partial charge is 0.126 e. The molecule has 2 N–H and O–H groups in total. The molecule has 1 aliphatic rings. The highest BCUT2D eigenvalue weighted by atomic mass is 19.1. The summed E-state index contributed by atoms with van der Waals surface area (Å²) < 4.78 is 18.7. The van der Waals surface area contributed by atoms with E-state index in [1.807, 2.05) is 0 Å². The molecule has 0 radical (unpaired) electrons. The zero-order valence-electron chi connectivity index (χ0n) is 9.29. The molecule has 0 spiro atoms. The lowest BCUT2D eigenvalue weighted by Gasteiger charge is -2.25. The Morgan fingerprint density at radius 1 is 1.41 bits per heavy atom. The van der Waals surface area contributed by atoms with Crippen molar-refractivity contribution in [2.45, 2.75) is 24.2 Å². The van der Waals surface area contributed by atoms with Crippen LogP contribution in [-0.2, 0) is 4.74 Å². The summed E-state index contributed by atoms with van der Waals surface area (Å²) in [6.45, 7) is 3.91. The van der Waals surface area contributed by atoms with Crippen LogP contribution in [0.4, 0.5) is 4.39 Å². The first-order valence-electron chi connectivity index (χ1n) is 5.50. The number of halogens is 1. The average Bonchev–Trinajstić information content (AvgIpc) is 3.15. The molecule has 0 aromatic heterocycles. The van der Waals surface area contributed by atoms with Crippen LogP contribution in [-0.4, -0.2) is 35.1 Å². The van der Waals surface area contributed by atoms with E-state index in [-0.39, 0.29) is 11.7 Å². The molecule has 0 aliphatic carbocycles. The lowest BCUT2D eigenvalue weighted by Crippen LogP contribution is -2.33. The van der Waals surface area contributed by atoms with Gasteiger partial charge in [0.15, 0.2) is 0 Å². The largest absolute Gasteiger partial charge is 0.390 e. The number of ether oxygens (including phenoxy) is 1. The van der Waals surface area contributed by atoms with Crippen molar-refractivity contribution >= 4 is 0 Å². The fourth-order valence-corrected chi connectivity index (χ4v) is 1.95. The summed E-state index contributed by atoms with van der Waals surface area (Å²) >= 11 is 0. The first kappa shape index (κ1) is 12.2. The Morgan fingerprint density at radius 3 is 2.59 bits per heavy atom. The third-order valence-electron chi connectivity index (χ3n) is 2.98. The Balaban J connectivity index is 2.32. The summed E-state index contributed by atoms with van der Waals surface area (Å²) in [5.41, 5.74) is 0.280. The fraction of sp³-hybridized carbons (Fsp3) is 0.385. The van der Waals surface area contributed by atoms with Crippen molar-refractivity contribution in [3.8, 4) is 0 Å². The Kier molecular flexibility index (Phi) is 3.57. The maximum atomic E-state index is 13.7. The van der Waals surface area contributed by atoms with E-state index in [1.165, 1.54) is 12.1 Å². The van der Waals surface area contributed by atoms with Gasteiger partial charge in [0.25, 0.3) is 0 Å². The molecule has 1 saturated heterocycles. The Morgan fingerprint density at radius 2 is 2.06 bits per heavy atom. The highest BCUT2D eigenvalue weighted by Gasteiger charge is 2.40. The molecule has 0 saturated carbocycles. The third-order valence-corrected chi connectivity index (χ3v) is 2.98. The molecular formula is C13H15FO3. The van der Waals surface area contributed by atoms with Gasteiger partial charge in [-0.2, -0.15) is 0 Å². The van der Waals surface area contributed by atoms with Gasteiger partial charge in [0.2, 0.25) is 0 Å². The summed E-state index contributed by atoms with van der Waals surface area (Å²) in [5, 5.41) is 19.9. The van der Waals surface area contributed by atoms with E-state index in [0.717, 1.165) is 0 Å². The van der Waals surface area contributed by atoms with Crippen molar-refractivity contribution in [3.05, 3.63) is 48.3 Å². The second-order valence-electron chi connectivity index (χ2n) is 4.14. The molecule has 0 amide bonds. The molecule has 1 fully saturated rings. The monoisotopic (exact) mass is 238 g/mol. The van der Waals surface area contributed by atoms with Gasteiger partial charge < -0.3 is 14.9 Å². The number of hydrogen-bond acceptors (Lipinski definition) is 3. The standard InChI is InChI=1S/C13H15FO3/c1-2-10(15)12(13(16)11-7-17-11)8-5-3-4-6-9(8)14/h2-6,10-13,15-16H,1,7H2/t10-,11-,12+,13+/m1/s1. The van der Waals surface area contributed by atoms with E-state index in [1.54, 1.807) is 18.2 Å². The van der Waals surface area contributed by atoms with Gasteiger partial charge in [0.05, 0.1) is 18.8 Å². The van der Waals surface area contributed by atoms with Gasteiger partial charge in [0, 0.05) is 5.92 Å². The van der Waals surface area contributed by atoms with Gasteiger partial charge in [-0.1, -0.05) is 24.3 Å². The predicted octanol–water partition coefficient (Wildman–Crippen LogP) is 1.22. The molecule has 17 heavy (non-hydrogen) atoms. The lowest BCUT2D eigenvalue weighted by atomic mass is 9.86. The number of benzene rings is 1.